The van der Waals surface area contributed by atoms with Gasteiger partial charge in [0.05, 0.1) is 67.5 Å². The Morgan fingerprint density at radius 3 is 2.86 bits per heavy atom. The minimum absolute atomic E-state index is 0.122. The van der Waals surface area contributed by atoms with Crippen LogP contribution in [0.1, 0.15) is 35.0 Å². The van der Waals surface area contributed by atoms with E-state index < -0.39 is 18.0 Å². The van der Waals surface area contributed by atoms with Crippen LogP contribution in [0.3, 0.4) is 0 Å². The van der Waals surface area contributed by atoms with Crippen LogP contribution in [0, 0.1) is 12.7 Å². The Morgan fingerprint density at radius 1 is 1.26 bits per heavy atom. The quantitative estimate of drug-likeness (QED) is 0.271. The highest BCUT2D eigenvalue weighted by molar-refractivity contribution is 6.01. The van der Waals surface area contributed by atoms with E-state index in [1.54, 1.807) is 13.0 Å². The Labute approximate surface area is 200 Å². The number of hydrogen-bond donors (Lipinski definition) is 4. The van der Waals surface area contributed by atoms with E-state index in [4.69, 9.17) is 25.4 Å². The van der Waals surface area contributed by atoms with Crippen LogP contribution in [0.4, 0.5) is 10.3 Å². The molecule has 5 N–H and O–H groups in total. The molecule has 0 spiro atoms. The first-order valence-corrected chi connectivity index (χ1v) is 10.9. The van der Waals surface area contributed by atoms with Gasteiger partial charge in [0.1, 0.15) is 5.82 Å². The molecule has 3 aromatic rings. The number of nitrogens with two attached hydrogens (primary N) is 1. The number of benzene rings is 1. The van der Waals surface area contributed by atoms with Crippen molar-refractivity contribution in [3.63, 3.8) is 0 Å². The molecule has 2 atom stereocenters. The SMILES string of the molecule is COc1cncc(-c2cc(F)ccc2[C@H]2Cc3nc(N)nc(C)c3C(NOCCC(O)CO)=N2)n1. The zero-order valence-corrected chi connectivity index (χ0v) is 19.3. The van der Waals surface area contributed by atoms with Crippen molar-refractivity contribution in [1.29, 1.82) is 0 Å². The Balaban J connectivity index is 1.73. The number of amidine groups is 1. The number of halogens is 1. The van der Waals surface area contributed by atoms with Crippen molar-refractivity contribution in [3.8, 4) is 17.1 Å². The normalized spacial score (nSPS) is 15.8. The van der Waals surface area contributed by atoms with Crippen molar-refractivity contribution >= 4 is 11.8 Å². The number of nitrogens with one attached hydrogen (secondary N) is 1. The highest BCUT2D eigenvalue weighted by Gasteiger charge is 2.29. The van der Waals surface area contributed by atoms with Crippen LogP contribution in [0.5, 0.6) is 5.88 Å². The summed E-state index contributed by atoms with van der Waals surface area (Å²) in [6, 6.07) is 3.91. The summed E-state index contributed by atoms with van der Waals surface area (Å²) in [7, 11) is 1.48. The molecule has 0 bridgehead atoms. The number of methoxy groups -OCH3 is 1. The molecule has 184 valence electrons. The van der Waals surface area contributed by atoms with Gasteiger partial charge in [-0.25, -0.2) is 24.8 Å². The van der Waals surface area contributed by atoms with Crippen molar-refractivity contribution in [2.45, 2.75) is 31.9 Å². The summed E-state index contributed by atoms with van der Waals surface area (Å²) < 4.78 is 19.5. The number of aliphatic hydroxyl groups is 2. The molecule has 0 saturated heterocycles. The van der Waals surface area contributed by atoms with Crippen LogP contribution < -0.4 is 16.0 Å². The van der Waals surface area contributed by atoms with Crippen molar-refractivity contribution in [1.82, 2.24) is 25.4 Å². The Kier molecular flexibility index (Phi) is 7.44. The lowest BCUT2D eigenvalue weighted by atomic mass is 9.91. The second-order valence-corrected chi connectivity index (χ2v) is 7.94. The average molecular weight is 484 g/mol. The number of anilines is 1. The molecule has 0 amide bonds. The van der Waals surface area contributed by atoms with Gasteiger partial charge in [0.2, 0.25) is 11.8 Å². The van der Waals surface area contributed by atoms with Crippen LogP contribution >= 0.6 is 0 Å². The van der Waals surface area contributed by atoms with Gasteiger partial charge in [-0.05, 0) is 24.6 Å². The van der Waals surface area contributed by atoms with E-state index in [0.29, 0.717) is 51.9 Å². The maximum Gasteiger partial charge on any atom is 0.232 e. The molecule has 0 radical (unpaired) electrons. The molecule has 1 aliphatic heterocycles. The second-order valence-electron chi connectivity index (χ2n) is 7.94. The molecule has 0 aliphatic carbocycles. The molecule has 11 nitrogen and oxygen atoms in total. The summed E-state index contributed by atoms with van der Waals surface area (Å²) >= 11 is 0. The molecular weight excluding hydrogens is 457 g/mol. The fraction of sp³-hybridized carbons (Fsp3) is 0.348. The maximum absolute atomic E-state index is 14.3. The maximum atomic E-state index is 14.3. The van der Waals surface area contributed by atoms with Gasteiger partial charge < -0.3 is 20.7 Å². The number of aliphatic hydroxyl groups excluding tert-OH is 2. The van der Waals surface area contributed by atoms with Crippen molar-refractivity contribution in [2.24, 2.45) is 4.99 Å². The van der Waals surface area contributed by atoms with Crippen LogP contribution in [-0.2, 0) is 11.3 Å². The zero-order valence-electron chi connectivity index (χ0n) is 19.3. The highest BCUT2D eigenvalue weighted by atomic mass is 19.1. The van der Waals surface area contributed by atoms with Crippen LogP contribution in [-0.4, -0.2) is 62.4 Å². The topological polar surface area (TPSA) is 161 Å². The third kappa shape index (κ3) is 5.50. The number of aryl methyl sites for hydroxylation is 1. The number of nitrogen functional groups attached to an aromatic ring is 1. The van der Waals surface area contributed by atoms with E-state index in [2.05, 4.69) is 25.4 Å². The number of aliphatic imine (C=N–C) groups is 1. The summed E-state index contributed by atoms with van der Waals surface area (Å²) in [6.07, 6.45) is 2.71. The molecule has 1 unspecified atom stereocenters. The van der Waals surface area contributed by atoms with Gasteiger partial charge in [-0.3, -0.25) is 14.8 Å². The zero-order chi connectivity index (χ0) is 24.9. The Bertz CT molecular complexity index is 1240. The smallest absolute Gasteiger partial charge is 0.232 e. The molecule has 0 saturated carbocycles. The first-order chi connectivity index (χ1) is 16.9. The van der Waals surface area contributed by atoms with Crippen LogP contribution in [0.15, 0.2) is 35.6 Å². The lowest BCUT2D eigenvalue weighted by molar-refractivity contribution is 0.0287. The predicted octanol–water partition coefficient (Wildman–Crippen LogP) is 1.28. The predicted molar refractivity (Wildman–Crippen MR) is 125 cm³/mol. The number of ether oxygens (including phenoxy) is 1. The number of hydrogen-bond acceptors (Lipinski definition) is 11. The summed E-state index contributed by atoms with van der Waals surface area (Å²) in [6.45, 7) is 1.55. The first kappa shape index (κ1) is 24.4. The lowest BCUT2D eigenvalue weighted by Crippen LogP contribution is -2.33. The summed E-state index contributed by atoms with van der Waals surface area (Å²) in [5.41, 5.74) is 12.3. The van der Waals surface area contributed by atoms with Gasteiger partial charge in [0.15, 0.2) is 5.84 Å². The minimum Gasteiger partial charge on any atom is -0.480 e. The standard InChI is InChI=1S/C23H26FN7O4/c1-12-21-18(30-23(25)27-12)8-17(29-22(21)31-35-6-5-14(33)11-32)15-4-3-13(24)7-16(15)19-9-26-10-20(28-19)34-2/h3-4,7,9-10,14,17,32-33H,5-6,8,11H2,1-2H3,(H,29,31)(H2,25,27,30)/t14?,17-/m1/s1. The molecule has 1 aromatic carbocycles. The third-order valence-corrected chi connectivity index (χ3v) is 5.50. The largest absolute Gasteiger partial charge is 0.480 e. The number of hydroxylamine groups is 1. The number of rotatable bonds is 8. The third-order valence-electron chi connectivity index (χ3n) is 5.50. The molecule has 1 aliphatic rings. The molecule has 0 fully saturated rings. The Morgan fingerprint density at radius 2 is 2.09 bits per heavy atom. The van der Waals surface area contributed by atoms with Gasteiger partial charge in [-0.15, -0.1) is 0 Å². The lowest BCUT2D eigenvalue weighted by Gasteiger charge is -2.26. The van der Waals surface area contributed by atoms with E-state index >= 15 is 0 Å². The summed E-state index contributed by atoms with van der Waals surface area (Å²) in [5, 5.41) is 18.5. The summed E-state index contributed by atoms with van der Waals surface area (Å²) in [5.74, 6) is 0.373. The fourth-order valence-corrected chi connectivity index (χ4v) is 3.84. The van der Waals surface area contributed by atoms with Crippen molar-refractivity contribution in [2.75, 3.05) is 26.1 Å². The van der Waals surface area contributed by atoms with Crippen molar-refractivity contribution in [3.05, 3.63) is 58.9 Å². The minimum atomic E-state index is -0.888. The molecule has 2 aromatic heterocycles. The van der Waals surface area contributed by atoms with E-state index in [-0.39, 0.29) is 25.6 Å². The molecule has 12 heteroatoms. The van der Waals surface area contributed by atoms with Gasteiger partial charge in [-0.1, -0.05) is 6.07 Å². The monoisotopic (exact) mass is 483 g/mol. The first-order valence-electron chi connectivity index (χ1n) is 10.9. The number of aromatic nitrogens is 4. The molecule has 3 heterocycles. The Hall–Kier alpha value is -3.74. The second kappa shape index (κ2) is 10.7. The number of nitrogens with zero attached hydrogens (tertiary/aromatic N) is 5. The van der Waals surface area contributed by atoms with Crippen LogP contribution in [0.25, 0.3) is 11.3 Å². The average Bonchev–Trinajstić information content (AvgIpc) is 2.85. The van der Waals surface area contributed by atoms with Gasteiger partial charge in [0.25, 0.3) is 0 Å². The van der Waals surface area contributed by atoms with Gasteiger partial charge in [-0.2, -0.15) is 0 Å². The van der Waals surface area contributed by atoms with Crippen molar-refractivity contribution < 1.29 is 24.2 Å². The highest BCUT2D eigenvalue weighted by Crippen LogP contribution is 2.36. The van der Waals surface area contributed by atoms with E-state index in [1.165, 1.54) is 31.6 Å². The number of fused-ring (bicyclic) bond motifs is 1. The molecule has 4 rings (SSSR count). The van der Waals surface area contributed by atoms with Gasteiger partial charge >= 0.3 is 0 Å². The summed E-state index contributed by atoms with van der Waals surface area (Å²) in [4.78, 5) is 27.5. The fourth-order valence-electron chi connectivity index (χ4n) is 3.84. The van der Waals surface area contributed by atoms with Gasteiger partial charge in [0, 0.05) is 18.4 Å². The molecular formula is C23H26FN7O4. The van der Waals surface area contributed by atoms with E-state index in [0.717, 1.165) is 0 Å². The van der Waals surface area contributed by atoms with Crippen LogP contribution in [0.2, 0.25) is 0 Å². The molecule has 35 heavy (non-hydrogen) atoms. The van der Waals surface area contributed by atoms with E-state index in [1.807, 2.05) is 0 Å². The van der Waals surface area contributed by atoms with E-state index in [9.17, 15) is 9.50 Å².